The fraction of sp³-hybridized carbons (Fsp3) is 0.0952. The monoisotopic (exact) mass is 389 g/mol. The molecule has 0 unspecified atom stereocenters. The van der Waals surface area contributed by atoms with Crippen LogP contribution in [0.2, 0.25) is 0 Å². The highest BCUT2D eigenvalue weighted by Gasteiger charge is 2.30. The van der Waals surface area contributed by atoms with Crippen LogP contribution in [-0.4, -0.2) is 22.9 Å². The van der Waals surface area contributed by atoms with Crippen LogP contribution in [0.4, 0.5) is 11.4 Å². The molecule has 4 aromatic rings. The van der Waals surface area contributed by atoms with Crippen molar-refractivity contribution in [3.63, 3.8) is 0 Å². The largest absolute Gasteiger partial charge is 0.324 e. The smallest absolute Gasteiger partial charge is 0.307 e. The van der Waals surface area contributed by atoms with Gasteiger partial charge in [0.25, 0.3) is 5.91 Å². The van der Waals surface area contributed by atoms with E-state index < -0.39 is 0 Å². The number of benzene rings is 3. The van der Waals surface area contributed by atoms with E-state index >= 15 is 0 Å². The molecule has 0 radical (unpaired) electrons. The van der Waals surface area contributed by atoms with Crippen molar-refractivity contribution >= 4 is 55.5 Å². The minimum Gasteiger partial charge on any atom is -0.324 e. The van der Waals surface area contributed by atoms with Gasteiger partial charge in [-0.1, -0.05) is 35.6 Å². The van der Waals surface area contributed by atoms with Crippen LogP contribution >= 0.6 is 11.3 Å². The SMILES string of the molecule is Cn1c(=O)sc2cc(NC(=O)CN3C(=O)c4cccc5cccc3c45)ccc21. The second-order valence-electron chi connectivity index (χ2n) is 6.73. The first kappa shape index (κ1) is 16.7. The summed E-state index contributed by atoms with van der Waals surface area (Å²) in [5.74, 6) is -0.459. The summed E-state index contributed by atoms with van der Waals surface area (Å²) in [5.41, 5.74) is 2.80. The molecule has 7 heteroatoms. The summed E-state index contributed by atoms with van der Waals surface area (Å²) in [7, 11) is 1.72. The van der Waals surface area contributed by atoms with E-state index in [0.717, 1.165) is 38.0 Å². The van der Waals surface area contributed by atoms with Crippen LogP contribution in [0.5, 0.6) is 0 Å². The van der Waals surface area contributed by atoms with Crippen LogP contribution in [0, 0.1) is 0 Å². The third-order valence-electron chi connectivity index (χ3n) is 5.03. The van der Waals surface area contributed by atoms with Crippen LogP contribution in [0.3, 0.4) is 0 Å². The highest BCUT2D eigenvalue weighted by atomic mass is 32.1. The number of thiazole rings is 1. The van der Waals surface area contributed by atoms with Gasteiger partial charge in [-0.3, -0.25) is 19.3 Å². The number of nitrogens with zero attached hydrogens (tertiary/aromatic N) is 2. The number of hydrogen-bond donors (Lipinski definition) is 1. The van der Waals surface area contributed by atoms with Gasteiger partial charge in [-0.25, -0.2) is 0 Å². The minimum absolute atomic E-state index is 0.0491. The summed E-state index contributed by atoms with van der Waals surface area (Å²) in [4.78, 5) is 38.7. The molecule has 28 heavy (non-hydrogen) atoms. The standard InChI is InChI=1S/C21H15N3O3S/c1-23-15-9-8-13(10-17(15)28-21(23)27)22-18(25)11-24-16-7-3-5-12-4-2-6-14(19(12)16)20(24)26/h2-10H,11H2,1H3,(H,22,25). The second kappa shape index (κ2) is 6.03. The third-order valence-corrected chi connectivity index (χ3v) is 6.02. The first-order valence-electron chi connectivity index (χ1n) is 8.76. The van der Waals surface area contributed by atoms with Gasteiger partial charge in [0.15, 0.2) is 0 Å². The van der Waals surface area contributed by atoms with Crippen LogP contribution in [0.15, 0.2) is 59.4 Å². The molecule has 6 nitrogen and oxygen atoms in total. The Morgan fingerprint density at radius 2 is 1.86 bits per heavy atom. The molecule has 1 N–H and O–H groups in total. The number of aromatic nitrogens is 1. The number of nitrogens with one attached hydrogen (secondary N) is 1. The maximum Gasteiger partial charge on any atom is 0.307 e. The molecule has 0 spiro atoms. The van der Waals surface area contributed by atoms with Gasteiger partial charge in [0.2, 0.25) is 5.91 Å². The predicted molar refractivity (Wildman–Crippen MR) is 111 cm³/mol. The lowest BCUT2D eigenvalue weighted by atomic mass is 10.1. The Morgan fingerprint density at radius 1 is 1.07 bits per heavy atom. The Bertz CT molecular complexity index is 1350. The predicted octanol–water partition coefficient (Wildman–Crippen LogP) is 3.35. The first-order chi connectivity index (χ1) is 13.5. The highest BCUT2D eigenvalue weighted by molar-refractivity contribution is 7.16. The van der Waals surface area contributed by atoms with E-state index in [2.05, 4.69) is 5.32 Å². The van der Waals surface area contributed by atoms with E-state index in [1.807, 2.05) is 30.3 Å². The van der Waals surface area contributed by atoms with Crippen LogP contribution < -0.4 is 15.1 Å². The van der Waals surface area contributed by atoms with Crippen molar-refractivity contribution in [1.29, 1.82) is 0 Å². The number of fused-ring (bicyclic) bond motifs is 1. The molecule has 5 rings (SSSR count). The molecule has 0 bridgehead atoms. The van der Waals surface area contributed by atoms with Crippen molar-refractivity contribution < 1.29 is 9.59 Å². The zero-order chi connectivity index (χ0) is 19.4. The molecule has 3 aromatic carbocycles. The average molecular weight is 389 g/mol. The fourth-order valence-electron chi connectivity index (χ4n) is 3.69. The third kappa shape index (κ3) is 2.44. The summed E-state index contributed by atoms with van der Waals surface area (Å²) in [6.07, 6.45) is 0. The summed E-state index contributed by atoms with van der Waals surface area (Å²) in [6.45, 7) is -0.0737. The van der Waals surface area contributed by atoms with Crippen molar-refractivity contribution in [2.75, 3.05) is 16.8 Å². The molecule has 138 valence electrons. The van der Waals surface area contributed by atoms with Crippen LogP contribution in [0.1, 0.15) is 10.4 Å². The summed E-state index contributed by atoms with van der Waals surface area (Å²) in [5, 5.41) is 4.70. The van der Waals surface area contributed by atoms with Crippen molar-refractivity contribution in [3.8, 4) is 0 Å². The Labute approximate surface area is 163 Å². The number of rotatable bonds is 3. The molecule has 1 aliphatic rings. The number of carbonyl (C=O) groups is 2. The molecule has 0 saturated heterocycles. The van der Waals surface area contributed by atoms with Gasteiger partial charge >= 0.3 is 4.87 Å². The minimum atomic E-state index is -0.291. The Kier molecular flexibility index (Phi) is 3.60. The molecule has 1 aliphatic heterocycles. The Balaban J connectivity index is 1.41. The van der Waals surface area contributed by atoms with Gasteiger partial charge in [0.05, 0.1) is 15.9 Å². The number of amides is 2. The lowest BCUT2D eigenvalue weighted by Crippen LogP contribution is -2.35. The second-order valence-corrected chi connectivity index (χ2v) is 7.72. The van der Waals surface area contributed by atoms with Gasteiger partial charge < -0.3 is 9.88 Å². The van der Waals surface area contributed by atoms with Crippen LogP contribution in [-0.2, 0) is 11.8 Å². The van der Waals surface area contributed by atoms with E-state index in [4.69, 9.17) is 0 Å². The fourth-order valence-corrected chi connectivity index (χ4v) is 4.61. The van der Waals surface area contributed by atoms with Crippen molar-refractivity contribution in [2.45, 2.75) is 0 Å². The molecule has 0 atom stereocenters. The highest BCUT2D eigenvalue weighted by Crippen LogP contribution is 2.37. The molecular weight excluding hydrogens is 374 g/mol. The molecule has 2 amide bonds. The van der Waals surface area contributed by atoms with Gasteiger partial charge in [-0.15, -0.1) is 0 Å². The topological polar surface area (TPSA) is 71.4 Å². The van der Waals surface area contributed by atoms with Crippen molar-refractivity contribution in [3.05, 3.63) is 69.8 Å². The zero-order valence-electron chi connectivity index (χ0n) is 14.9. The summed E-state index contributed by atoms with van der Waals surface area (Å²) < 4.78 is 2.38. The average Bonchev–Trinajstić information content (AvgIpc) is 3.12. The Hall–Kier alpha value is -3.45. The molecule has 1 aromatic heterocycles. The molecule has 2 heterocycles. The lowest BCUT2D eigenvalue weighted by Gasteiger charge is -2.17. The van der Waals surface area contributed by atoms with Crippen molar-refractivity contribution in [1.82, 2.24) is 4.57 Å². The van der Waals surface area contributed by atoms with Gasteiger partial charge in [-0.05, 0) is 35.7 Å². The number of aryl methyl sites for hydroxylation is 1. The van der Waals surface area contributed by atoms with E-state index in [-0.39, 0.29) is 23.2 Å². The van der Waals surface area contributed by atoms with Crippen molar-refractivity contribution in [2.24, 2.45) is 7.05 Å². The number of hydrogen-bond acceptors (Lipinski definition) is 4. The summed E-state index contributed by atoms with van der Waals surface area (Å²) >= 11 is 1.13. The number of anilines is 2. The molecular formula is C21H15N3O3S. The molecule has 0 fully saturated rings. The molecule has 0 saturated carbocycles. The van der Waals surface area contributed by atoms with E-state index in [0.29, 0.717) is 11.3 Å². The number of carbonyl (C=O) groups excluding carboxylic acids is 2. The Morgan fingerprint density at radius 3 is 2.68 bits per heavy atom. The van der Waals surface area contributed by atoms with E-state index in [9.17, 15) is 14.4 Å². The van der Waals surface area contributed by atoms with E-state index in [1.54, 1.807) is 35.9 Å². The van der Waals surface area contributed by atoms with Gasteiger partial charge in [0.1, 0.15) is 6.54 Å². The zero-order valence-corrected chi connectivity index (χ0v) is 15.7. The first-order valence-corrected chi connectivity index (χ1v) is 9.57. The normalized spacial score (nSPS) is 12.9. The molecule has 0 aliphatic carbocycles. The van der Waals surface area contributed by atoms with E-state index in [1.165, 1.54) is 4.90 Å². The maximum absolute atomic E-state index is 12.8. The summed E-state index contributed by atoms with van der Waals surface area (Å²) in [6, 6.07) is 16.6. The van der Waals surface area contributed by atoms with Gasteiger partial charge in [0, 0.05) is 23.7 Å². The quantitative estimate of drug-likeness (QED) is 0.584. The maximum atomic E-state index is 12.8. The van der Waals surface area contributed by atoms with Gasteiger partial charge in [-0.2, -0.15) is 0 Å². The lowest BCUT2D eigenvalue weighted by molar-refractivity contribution is -0.114. The van der Waals surface area contributed by atoms with Crippen LogP contribution in [0.25, 0.3) is 21.0 Å².